The smallest absolute Gasteiger partial charge is 0.162 e. The first-order chi connectivity index (χ1) is 10.2. The lowest BCUT2D eigenvalue weighted by atomic mass is 10.2. The lowest BCUT2D eigenvalue weighted by Crippen LogP contribution is -2.38. The molecular weight excluding hydrogens is 272 g/mol. The zero-order valence-electron chi connectivity index (χ0n) is 11.6. The van der Waals surface area contributed by atoms with Gasteiger partial charge in [-0.25, -0.2) is 9.97 Å². The number of fused-ring (bicyclic) bond motifs is 1. The van der Waals surface area contributed by atoms with E-state index in [-0.39, 0.29) is 25.5 Å². The predicted octanol–water partition coefficient (Wildman–Crippen LogP) is -0.940. The molecule has 2 aliphatic rings. The highest BCUT2D eigenvalue weighted by Gasteiger charge is 2.38. The average molecular weight is 290 g/mol. The summed E-state index contributed by atoms with van der Waals surface area (Å²) in [6.45, 7) is 0.791. The van der Waals surface area contributed by atoms with Crippen molar-refractivity contribution in [1.82, 2.24) is 9.97 Å². The zero-order valence-corrected chi connectivity index (χ0v) is 11.6. The van der Waals surface area contributed by atoms with E-state index in [0.717, 1.165) is 12.8 Å². The van der Waals surface area contributed by atoms with E-state index in [4.69, 9.17) is 16.2 Å². The van der Waals surface area contributed by atoms with Crippen LogP contribution in [0.1, 0.15) is 12.8 Å². The molecule has 0 aromatic carbocycles. The molecule has 0 unspecified atom stereocenters. The Morgan fingerprint density at radius 2 is 2.29 bits per heavy atom. The van der Waals surface area contributed by atoms with Crippen LogP contribution in [-0.4, -0.2) is 47.2 Å². The van der Waals surface area contributed by atoms with Gasteiger partial charge in [0.05, 0.1) is 19.3 Å². The molecule has 0 aliphatic carbocycles. The number of nitrogens with two attached hydrogens (primary N) is 2. The molecule has 5 N–H and O–H groups in total. The van der Waals surface area contributed by atoms with Crippen LogP contribution in [0.2, 0.25) is 0 Å². The third-order valence-corrected chi connectivity index (χ3v) is 3.62. The van der Waals surface area contributed by atoms with E-state index < -0.39 is 0 Å². The number of hydrogen-bond donors (Lipinski definition) is 3. The molecule has 1 aromatic rings. The second kappa shape index (κ2) is 5.73. The molecule has 8 nitrogen and oxygen atoms in total. The van der Waals surface area contributed by atoms with Crippen molar-refractivity contribution in [2.75, 3.05) is 35.4 Å². The molecular formula is C13H18N6O2. The first kappa shape index (κ1) is 13.9. The standard InChI is InChI=1S/C13H18N6O2/c14-4-1-5-18-8-19(10-3-2-9(6-20)21-10)13-11(18)12(15)16-7-17-13/h7,9-10,20H,2-4,6,8,14H2,(H2,15,16,17)/t9-,10+/m0/s1. The summed E-state index contributed by atoms with van der Waals surface area (Å²) in [5.41, 5.74) is 12.1. The van der Waals surface area contributed by atoms with Gasteiger partial charge in [-0.05, 0) is 12.8 Å². The third-order valence-electron chi connectivity index (χ3n) is 3.62. The molecule has 0 saturated carbocycles. The summed E-state index contributed by atoms with van der Waals surface area (Å²) in [5.74, 6) is 3.91. The first-order valence-electron chi connectivity index (χ1n) is 6.84. The van der Waals surface area contributed by atoms with Gasteiger partial charge in [-0.15, -0.1) is 0 Å². The number of anilines is 3. The summed E-state index contributed by atoms with van der Waals surface area (Å²) >= 11 is 0. The van der Waals surface area contributed by atoms with E-state index in [1.165, 1.54) is 6.33 Å². The van der Waals surface area contributed by atoms with Gasteiger partial charge in [0.15, 0.2) is 11.6 Å². The van der Waals surface area contributed by atoms with Crippen molar-refractivity contribution in [3.05, 3.63) is 6.33 Å². The van der Waals surface area contributed by atoms with Crippen LogP contribution in [0.25, 0.3) is 0 Å². The fourth-order valence-corrected chi connectivity index (χ4v) is 2.65. The van der Waals surface area contributed by atoms with E-state index >= 15 is 0 Å². The number of aliphatic hydroxyl groups is 1. The Hall–Kier alpha value is -2.08. The number of hydrogen-bond acceptors (Lipinski definition) is 8. The molecule has 1 saturated heterocycles. The number of rotatable bonds is 2. The van der Waals surface area contributed by atoms with Crippen LogP contribution >= 0.6 is 0 Å². The molecule has 2 aliphatic heterocycles. The second-order valence-corrected chi connectivity index (χ2v) is 4.94. The highest BCUT2D eigenvalue weighted by Crippen LogP contribution is 2.40. The molecule has 0 bridgehead atoms. The number of nitrogen functional groups attached to an aromatic ring is 1. The van der Waals surface area contributed by atoms with Crippen LogP contribution in [0.15, 0.2) is 6.33 Å². The van der Waals surface area contributed by atoms with Crippen LogP contribution in [0.3, 0.4) is 0 Å². The van der Waals surface area contributed by atoms with Gasteiger partial charge in [-0.1, -0.05) is 5.92 Å². The van der Waals surface area contributed by atoms with Gasteiger partial charge in [0.25, 0.3) is 0 Å². The number of aromatic nitrogens is 2. The Bertz CT molecular complexity index is 584. The van der Waals surface area contributed by atoms with Gasteiger partial charge in [-0.2, -0.15) is 0 Å². The number of aliphatic hydroxyl groups excluding tert-OH is 1. The first-order valence-corrected chi connectivity index (χ1v) is 6.84. The number of nitrogens with zero attached hydrogens (tertiary/aromatic N) is 4. The largest absolute Gasteiger partial charge is 0.394 e. The summed E-state index contributed by atoms with van der Waals surface area (Å²) in [4.78, 5) is 12.1. The van der Waals surface area contributed by atoms with Crippen molar-refractivity contribution >= 4 is 17.3 Å². The van der Waals surface area contributed by atoms with Gasteiger partial charge in [0.1, 0.15) is 24.9 Å². The third kappa shape index (κ3) is 2.47. The van der Waals surface area contributed by atoms with E-state index in [2.05, 4.69) is 21.9 Å². The minimum absolute atomic E-state index is 0.0276. The maximum Gasteiger partial charge on any atom is 0.162 e. The molecule has 0 radical (unpaired) electrons. The van der Waals surface area contributed by atoms with Crippen LogP contribution in [0, 0.1) is 12.0 Å². The quantitative estimate of drug-likeness (QED) is 0.598. The molecule has 0 spiro atoms. The maximum atomic E-state index is 9.20. The zero-order chi connectivity index (χ0) is 14.8. The van der Waals surface area contributed by atoms with Crippen molar-refractivity contribution in [2.45, 2.75) is 25.2 Å². The molecule has 1 aromatic heterocycles. The normalized spacial score (nSPS) is 23.9. The van der Waals surface area contributed by atoms with E-state index in [9.17, 15) is 5.11 Å². The Labute approximate surface area is 122 Å². The lowest BCUT2D eigenvalue weighted by molar-refractivity contribution is 0.0112. The predicted molar refractivity (Wildman–Crippen MR) is 78.1 cm³/mol. The van der Waals surface area contributed by atoms with Crippen molar-refractivity contribution < 1.29 is 9.84 Å². The van der Waals surface area contributed by atoms with Crippen LogP contribution in [0.5, 0.6) is 0 Å². The van der Waals surface area contributed by atoms with Gasteiger partial charge in [0.2, 0.25) is 0 Å². The highest BCUT2D eigenvalue weighted by molar-refractivity contribution is 5.83. The molecule has 1 fully saturated rings. The van der Waals surface area contributed by atoms with Crippen molar-refractivity contribution in [3.63, 3.8) is 0 Å². The molecule has 112 valence electrons. The topological polar surface area (TPSA) is 114 Å². The fraction of sp³-hybridized carbons (Fsp3) is 0.538. The summed E-state index contributed by atoms with van der Waals surface area (Å²) in [6, 6.07) is 2.96. The maximum absolute atomic E-state index is 9.20. The van der Waals surface area contributed by atoms with Crippen LogP contribution in [-0.2, 0) is 4.74 Å². The highest BCUT2D eigenvalue weighted by atomic mass is 16.5. The average Bonchev–Trinajstić information content (AvgIpc) is 3.10. The van der Waals surface area contributed by atoms with Crippen molar-refractivity contribution in [1.29, 1.82) is 0 Å². The molecule has 8 heteroatoms. The van der Waals surface area contributed by atoms with E-state index in [0.29, 0.717) is 24.0 Å². The molecule has 0 amide bonds. The van der Waals surface area contributed by atoms with Crippen LogP contribution in [0.4, 0.5) is 17.3 Å². The lowest BCUT2D eigenvalue weighted by Gasteiger charge is -2.25. The Morgan fingerprint density at radius 1 is 1.43 bits per heavy atom. The summed E-state index contributed by atoms with van der Waals surface area (Å²) in [6.07, 6.45) is 2.82. The molecule has 21 heavy (non-hydrogen) atoms. The fourth-order valence-electron chi connectivity index (χ4n) is 2.65. The van der Waals surface area contributed by atoms with E-state index in [1.54, 1.807) is 4.90 Å². The van der Waals surface area contributed by atoms with Gasteiger partial charge < -0.3 is 26.2 Å². The van der Waals surface area contributed by atoms with Gasteiger partial charge in [0, 0.05) is 6.04 Å². The summed E-state index contributed by atoms with van der Waals surface area (Å²) in [7, 11) is 0. The summed E-state index contributed by atoms with van der Waals surface area (Å²) < 4.78 is 5.82. The Morgan fingerprint density at radius 3 is 3.00 bits per heavy atom. The van der Waals surface area contributed by atoms with E-state index in [1.807, 2.05) is 4.90 Å². The number of ether oxygens (including phenoxy) is 1. The van der Waals surface area contributed by atoms with Gasteiger partial charge in [-0.3, -0.25) is 4.90 Å². The Balaban J connectivity index is 1.90. The van der Waals surface area contributed by atoms with Crippen molar-refractivity contribution in [3.8, 4) is 12.0 Å². The molecule has 3 rings (SSSR count). The Kier molecular flexibility index (Phi) is 3.79. The minimum atomic E-state index is -0.139. The second-order valence-electron chi connectivity index (χ2n) is 4.94. The van der Waals surface area contributed by atoms with Crippen molar-refractivity contribution in [2.24, 2.45) is 5.73 Å². The SMILES string of the molecule is NCC#CN1CN([C@H]2CC[C@@H](CO)O2)c2ncnc(N)c21. The summed E-state index contributed by atoms with van der Waals surface area (Å²) in [5, 5.41) is 9.20. The monoisotopic (exact) mass is 290 g/mol. The van der Waals surface area contributed by atoms with Crippen LogP contribution < -0.4 is 21.3 Å². The van der Waals surface area contributed by atoms with Gasteiger partial charge >= 0.3 is 0 Å². The molecule has 3 heterocycles. The minimum Gasteiger partial charge on any atom is -0.394 e. The molecule has 2 atom stereocenters.